The van der Waals surface area contributed by atoms with Gasteiger partial charge in [-0.1, -0.05) is 30.3 Å². The molecule has 0 unspecified atom stereocenters. The molecular weight excluding hydrogens is 312 g/mol. The van der Waals surface area contributed by atoms with E-state index in [0.29, 0.717) is 10.8 Å². The second kappa shape index (κ2) is 8.70. The number of hydrazine groups is 1. The van der Waals surface area contributed by atoms with Gasteiger partial charge in [-0.05, 0) is 42.8 Å². The van der Waals surface area contributed by atoms with Gasteiger partial charge in [0.2, 0.25) is 0 Å². The molecule has 0 saturated carbocycles. The third-order valence-corrected chi connectivity index (χ3v) is 3.42. The molecule has 0 spiro atoms. The smallest absolute Gasteiger partial charge is 0.269 e. The van der Waals surface area contributed by atoms with Crippen molar-refractivity contribution in [1.29, 1.82) is 0 Å². The van der Waals surface area contributed by atoms with E-state index in [-0.39, 0.29) is 5.69 Å². The molecule has 0 aliphatic heterocycles. The van der Waals surface area contributed by atoms with Crippen molar-refractivity contribution in [2.24, 2.45) is 0 Å². The zero-order chi connectivity index (χ0) is 16.5. The van der Waals surface area contributed by atoms with Crippen LogP contribution in [0.25, 0.3) is 0 Å². The molecule has 0 radical (unpaired) electrons. The maximum absolute atomic E-state index is 10.6. The van der Waals surface area contributed by atoms with Crippen LogP contribution in [0.3, 0.4) is 0 Å². The minimum Gasteiger partial charge on any atom is -0.361 e. The minimum absolute atomic E-state index is 0.0529. The molecule has 0 aliphatic carbocycles. The van der Waals surface area contributed by atoms with Gasteiger partial charge in [0.15, 0.2) is 5.11 Å². The summed E-state index contributed by atoms with van der Waals surface area (Å²) in [6, 6.07) is 16.4. The van der Waals surface area contributed by atoms with E-state index >= 15 is 0 Å². The van der Waals surface area contributed by atoms with Crippen LogP contribution in [0, 0.1) is 10.1 Å². The van der Waals surface area contributed by atoms with Crippen LogP contribution >= 0.6 is 12.2 Å². The monoisotopic (exact) mass is 330 g/mol. The molecule has 0 fully saturated rings. The molecule has 2 aromatic carbocycles. The summed E-state index contributed by atoms with van der Waals surface area (Å²) in [6.45, 7) is 0.767. The number of hydrogen-bond acceptors (Lipinski definition) is 4. The van der Waals surface area contributed by atoms with Crippen LogP contribution in [0.2, 0.25) is 0 Å². The number of nitrogens with zero attached hydrogens (tertiary/aromatic N) is 1. The van der Waals surface area contributed by atoms with Crippen molar-refractivity contribution in [1.82, 2.24) is 10.7 Å². The highest BCUT2D eigenvalue weighted by Crippen LogP contribution is 2.14. The van der Waals surface area contributed by atoms with E-state index in [1.165, 1.54) is 17.7 Å². The standard InChI is InChI=1S/C16H18N4O2S/c21-20(22)15-10-8-14(9-11-15)18-19-16(23)17-12-4-7-13-5-2-1-3-6-13/h1-3,5-6,8-11,18H,4,7,12H2,(H2,17,19,23). The summed E-state index contributed by atoms with van der Waals surface area (Å²) in [5.41, 5.74) is 7.79. The van der Waals surface area contributed by atoms with Gasteiger partial charge < -0.3 is 5.32 Å². The Kier molecular flexibility index (Phi) is 6.31. The predicted octanol–water partition coefficient (Wildman–Crippen LogP) is 3.02. The number of hydrogen-bond donors (Lipinski definition) is 3. The summed E-state index contributed by atoms with van der Waals surface area (Å²) in [7, 11) is 0. The number of anilines is 1. The number of thiocarbonyl (C=S) groups is 1. The van der Waals surface area contributed by atoms with Gasteiger partial charge in [0.1, 0.15) is 0 Å². The molecule has 120 valence electrons. The summed E-state index contributed by atoms with van der Waals surface area (Å²) in [5, 5.41) is 14.2. The first-order chi connectivity index (χ1) is 11.1. The highest BCUT2D eigenvalue weighted by Gasteiger charge is 2.03. The van der Waals surface area contributed by atoms with Crippen molar-refractivity contribution in [2.45, 2.75) is 12.8 Å². The fourth-order valence-corrected chi connectivity index (χ4v) is 2.13. The van der Waals surface area contributed by atoms with Crippen molar-refractivity contribution in [3.8, 4) is 0 Å². The van der Waals surface area contributed by atoms with Gasteiger partial charge in [0, 0.05) is 18.7 Å². The van der Waals surface area contributed by atoms with Crippen LogP contribution in [-0.4, -0.2) is 16.6 Å². The van der Waals surface area contributed by atoms with E-state index in [9.17, 15) is 10.1 Å². The first-order valence-electron chi connectivity index (χ1n) is 7.23. The van der Waals surface area contributed by atoms with Gasteiger partial charge in [0.25, 0.3) is 5.69 Å². The highest BCUT2D eigenvalue weighted by atomic mass is 32.1. The summed E-state index contributed by atoms with van der Waals surface area (Å²) in [5.74, 6) is 0. The van der Waals surface area contributed by atoms with Crippen LogP contribution in [0.15, 0.2) is 54.6 Å². The Labute approximate surface area is 140 Å². The van der Waals surface area contributed by atoms with Crippen LogP contribution in [0.5, 0.6) is 0 Å². The van der Waals surface area contributed by atoms with Crippen LogP contribution in [0.4, 0.5) is 11.4 Å². The summed E-state index contributed by atoms with van der Waals surface area (Å²) < 4.78 is 0. The fourth-order valence-electron chi connectivity index (χ4n) is 1.98. The largest absolute Gasteiger partial charge is 0.361 e. The molecule has 2 rings (SSSR count). The maximum atomic E-state index is 10.6. The zero-order valence-electron chi connectivity index (χ0n) is 12.5. The molecule has 0 bridgehead atoms. The molecule has 0 heterocycles. The summed E-state index contributed by atoms with van der Waals surface area (Å²) >= 11 is 5.16. The van der Waals surface area contributed by atoms with Crippen molar-refractivity contribution < 1.29 is 4.92 Å². The molecule has 0 saturated heterocycles. The lowest BCUT2D eigenvalue weighted by Crippen LogP contribution is -2.39. The van der Waals surface area contributed by atoms with Crippen LogP contribution in [0.1, 0.15) is 12.0 Å². The van der Waals surface area contributed by atoms with Gasteiger partial charge in [-0.2, -0.15) is 0 Å². The number of non-ortho nitro benzene ring substituents is 1. The lowest BCUT2D eigenvalue weighted by atomic mass is 10.1. The number of benzene rings is 2. The highest BCUT2D eigenvalue weighted by molar-refractivity contribution is 7.80. The Hall–Kier alpha value is -2.67. The first kappa shape index (κ1) is 16.7. The second-order valence-corrected chi connectivity index (χ2v) is 5.31. The Balaban J connectivity index is 1.64. The Morgan fingerprint density at radius 2 is 1.78 bits per heavy atom. The molecule has 23 heavy (non-hydrogen) atoms. The van der Waals surface area contributed by atoms with E-state index in [1.54, 1.807) is 12.1 Å². The number of nitro benzene ring substituents is 1. The average Bonchev–Trinajstić information content (AvgIpc) is 2.58. The van der Waals surface area contributed by atoms with Gasteiger partial charge in [-0.3, -0.25) is 21.0 Å². The number of rotatable bonds is 7. The summed E-state index contributed by atoms with van der Waals surface area (Å²) in [6.07, 6.45) is 1.97. The SMILES string of the molecule is O=[N+]([O-])c1ccc(NNC(=S)NCCCc2ccccc2)cc1. The van der Waals surface area contributed by atoms with Gasteiger partial charge in [-0.25, -0.2) is 0 Å². The Morgan fingerprint density at radius 3 is 2.43 bits per heavy atom. The topological polar surface area (TPSA) is 79.2 Å². The molecule has 0 aromatic heterocycles. The van der Waals surface area contributed by atoms with Gasteiger partial charge in [0.05, 0.1) is 10.6 Å². The zero-order valence-corrected chi connectivity index (χ0v) is 13.3. The molecule has 0 atom stereocenters. The number of nitrogens with one attached hydrogen (secondary N) is 3. The molecule has 0 aliphatic rings. The normalized spacial score (nSPS) is 9.91. The van der Waals surface area contributed by atoms with Crippen molar-refractivity contribution >= 4 is 28.7 Å². The van der Waals surface area contributed by atoms with Crippen LogP contribution in [-0.2, 0) is 6.42 Å². The Morgan fingerprint density at radius 1 is 1.09 bits per heavy atom. The van der Waals surface area contributed by atoms with Crippen molar-refractivity contribution in [2.75, 3.05) is 12.0 Å². The lowest BCUT2D eigenvalue weighted by Gasteiger charge is -2.12. The van der Waals surface area contributed by atoms with E-state index < -0.39 is 4.92 Å². The number of aryl methyl sites for hydroxylation is 1. The van der Waals surface area contributed by atoms with Gasteiger partial charge >= 0.3 is 0 Å². The summed E-state index contributed by atoms with van der Waals surface area (Å²) in [4.78, 5) is 10.1. The predicted molar refractivity (Wildman–Crippen MR) is 95.2 cm³/mol. The van der Waals surface area contributed by atoms with E-state index in [0.717, 1.165) is 19.4 Å². The van der Waals surface area contributed by atoms with Crippen LogP contribution < -0.4 is 16.2 Å². The van der Waals surface area contributed by atoms with E-state index in [1.807, 2.05) is 18.2 Å². The minimum atomic E-state index is -0.434. The van der Waals surface area contributed by atoms with E-state index in [4.69, 9.17) is 12.2 Å². The number of nitro groups is 1. The molecule has 0 amide bonds. The third kappa shape index (κ3) is 5.91. The Bertz CT molecular complexity index is 647. The third-order valence-electron chi connectivity index (χ3n) is 3.17. The van der Waals surface area contributed by atoms with E-state index in [2.05, 4.69) is 28.3 Å². The lowest BCUT2D eigenvalue weighted by molar-refractivity contribution is -0.384. The fraction of sp³-hybridized carbons (Fsp3) is 0.188. The quantitative estimate of drug-likeness (QED) is 0.313. The van der Waals surface area contributed by atoms with Crippen molar-refractivity contribution in [3.05, 3.63) is 70.3 Å². The molecule has 3 N–H and O–H groups in total. The second-order valence-electron chi connectivity index (χ2n) is 4.90. The molecule has 7 heteroatoms. The average molecular weight is 330 g/mol. The maximum Gasteiger partial charge on any atom is 0.269 e. The first-order valence-corrected chi connectivity index (χ1v) is 7.64. The molecular formula is C16H18N4O2S. The molecule has 2 aromatic rings. The molecule has 6 nitrogen and oxygen atoms in total. The van der Waals surface area contributed by atoms with Gasteiger partial charge in [-0.15, -0.1) is 0 Å². The van der Waals surface area contributed by atoms with Crippen molar-refractivity contribution in [3.63, 3.8) is 0 Å².